The van der Waals surface area contributed by atoms with Gasteiger partial charge in [0.15, 0.2) is 0 Å². The van der Waals surface area contributed by atoms with Crippen molar-refractivity contribution in [2.45, 2.75) is 49.4 Å². The predicted molar refractivity (Wildman–Crippen MR) is 165 cm³/mol. The number of ether oxygens (including phenoxy) is 1. The second-order valence-electron chi connectivity index (χ2n) is 9.40. The Morgan fingerprint density at radius 1 is 0.951 bits per heavy atom. The van der Waals surface area contributed by atoms with Crippen molar-refractivity contribution in [2.24, 2.45) is 0 Å². The summed E-state index contributed by atoms with van der Waals surface area (Å²) < 4.78 is 34.6. The van der Waals surface area contributed by atoms with Crippen LogP contribution in [0.3, 0.4) is 0 Å². The molecule has 0 aliphatic carbocycles. The van der Waals surface area contributed by atoms with Crippen LogP contribution in [0.1, 0.15) is 32.8 Å². The normalized spacial score (nSPS) is 11.9. The van der Waals surface area contributed by atoms with E-state index in [0.29, 0.717) is 31.0 Å². The number of nitrogens with one attached hydrogen (secondary N) is 1. The van der Waals surface area contributed by atoms with Gasteiger partial charge in [-0.3, -0.25) is 13.9 Å². The number of rotatable bonds is 15. The van der Waals surface area contributed by atoms with E-state index in [1.54, 1.807) is 55.5 Å². The zero-order chi connectivity index (χ0) is 29.8. The molecule has 3 aromatic carbocycles. The Hall–Kier alpha value is -3.50. The van der Waals surface area contributed by atoms with Crippen molar-refractivity contribution in [3.63, 3.8) is 0 Å². The van der Waals surface area contributed by atoms with Crippen molar-refractivity contribution in [2.75, 3.05) is 36.8 Å². The molecule has 3 rings (SSSR count). The number of carbonyl (C=O) groups excluding carboxylic acids is 2. The van der Waals surface area contributed by atoms with Crippen LogP contribution in [-0.4, -0.2) is 63.7 Å². The van der Waals surface area contributed by atoms with Crippen molar-refractivity contribution < 1.29 is 22.7 Å². The van der Waals surface area contributed by atoms with Crippen LogP contribution < -0.4 is 14.4 Å². The van der Waals surface area contributed by atoms with Gasteiger partial charge in [0.1, 0.15) is 18.3 Å². The number of nitrogens with zero attached hydrogens (tertiary/aromatic N) is 2. The van der Waals surface area contributed by atoms with Crippen molar-refractivity contribution in [1.29, 1.82) is 0 Å². The smallest absolute Gasteiger partial charge is 0.264 e. The van der Waals surface area contributed by atoms with Gasteiger partial charge in [-0.1, -0.05) is 37.3 Å². The van der Waals surface area contributed by atoms with Gasteiger partial charge in [0.2, 0.25) is 11.8 Å². The van der Waals surface area contributed by atoms with Crippen molar-refractivity contribution in [1.82, 2.24) is 10.2 Å². The lowest BCUT2D eigenvalue weighted by molar-refractivity contribution is -0.138. The molecular formula is C31H39N3O5S2. The van der Waals surface area contributed by atoms with Gasteiger partial charge in [0, 0.05) is 18.0 Å². The Balaban J connectivity index is 1.97. The zero-order valence-corrected chi connectivity index (χ0v) is 25.7. The number of hydrogen-bond acceptors (Lipinski definition) is 6. The van der Waals surface area contributed by atoms with E-state index in [1.807, 2.05) is 50.4 Å². The Kier molecular flexibility index (Phi) is 12.1. The van der Waals surface area contributed by atoms with E-state index < -0.39 is 28.5 Å². The monoisotopic (exact) mass is 597 g/mol. The van der Waals surface area contributed by atoms with Crippen LogP contribution in [0, 0.1) is 0 Å². The van der Waals surface area contributed by atoms with Gasteiger partial charge in [-0.05, 0) is 87.0 Å². The number of anilines is 1. The summed E-state index contributed by atoms with van der Waals surface area (Å²) in [6.45, 7) is 6.23. The SMILES string of the molecule is CCCNC(=O)[C@H](C)N(CCc1ccccc1)C(=O)CN(c1ccc(OCC)cc1)S(=O)(=O)c1ccc(SC)cc1. The van der Waals surface area contributed by atoms with Gasteiger partial charge >= 0.3 is 0 Å². The number of hydrogen-bond donors (Lipinski definition) is 1. The van der Waals surface area contributed by atoms with Gasteiger partial charge < -0.3 is 15.0 Å². The van der Waals surface area contributed by atoms with E-state index in [-0.39, 0.29) is 17.3 Å². The van der Waals surface area contributed by atoms with Crippen LogP contribution in [0.5, 0.6) is 5.75 Å². The standard InChI is InChI=1S/C31H39N3O5S2/c1-5-21-32-31(36)24(3)33(22-20-25-10-8-7-9-11-25)30(35)23-34(26-12-14-27(15-13-26)39-6-2)41(37,38)29-18-16-28(40-4)17-19-29/h7-19,24H,5-6,20-23H2,1-4H3,(H,32,36)/t24-/m0/s1. The fourth-order valence-electron chi connectivity index (χ4n) is 4.24. The molecule has 1 atom stereocenters. The molecule has 0 radical (unpaired) electrons. The fourth-order valence-corrected chi connectivity index (χ4v) is 6.07. The summed E-state index contributed by atoms with van der Waals surface area (Å²) in [7, 11) is -4.12. The molecule has 0 saturated carbocycles. The summed E-state index contributed by atoms with van der Waals surface area (Å²) >= 11 is 1.51. The van der Waals surface area contributed by atoms with Crippen LogP contribution in [0.15, 0.2) is 88.7 Å². The first kappa shape index (κ1) is 32.0. The highest BCUT2D eigenvalue weighted by Crippen LogP contribution is 2.27. The minimum atomic E-state index is -4.12. The maximum Gasteiger partial charge on any atom is 0.264 e. The second kappa shape index (κ2) is 15.5. The van der Waals surface area contributed by atoms with E-state index in [1.165, 1.54) is 16.7 Å². The van der Waals surface area contributed by atoms with Crippen LogP contribution in [0.2, 0.25) is 0 Å². The minimum absolute atomic E-state index is 0.0709. The summed E-state index contributed by atoms with van der Waals surface area (Å²) in [6, 6.07) is 22.0. The number of amides is 2. The Labute approximate surface area is 248 Å². The lowest BCUT2D eigenvalue weighted by Crippen LogP contribution is -2.52. The summed E-state index contributed by atoms with van der Waals surface area (Å²) in [5.41, 5.74) is 1.33. The molecule has 41 heavy (non-hydrogen) atoms. The molecule has 1 N–H and O–H groups in total. The molecule has 3 aromatic rings. The van der Waals surface area contributed by atoms with Crippen molar-refractivity contribution in [3.8, 4) is 5.75 Å². The van der Waals surface area contributed by atoms with Gasteiger partial charge in [-0.25, -0.2) is 8.42 Å². The minimum Gasteiger partial charge on any atom is -0.494 e. The highest BCUT2D eigenvalue weighted by Gasteiger charge is 2.32. The third-order valence-corrected chi connectivity index (χ3v) is 9.09. The highest BCUT2D eigenvalue weighted by atomic mass is 32.2. The molecule has 2 amide bonds. The summed E-state index contributed by atoms with van der Waals surface area (Å²) in [5.74, 6) is -0.162. The quantitative estimate of drug-likeness (QED) is 0.248. The lowest BCUT2D eigenvalue weighted by atomic mass is 10.1. The molecule has 0 saturated heterocycles. The van der Waals surface area contributed by atoms with Crippen LogP contribution in [0.4, 0.5) is 5.69 Å². The number of carbonyl (C=O) groups is 2. The molecular weight excluding hydrogens is 558 g/mol. The average Bonchev–Trinajstić information content (AvgIpc) is 2.99. The molecule has 0 aliphatic heterocycles. The number of sulfonamides is 1. The molecule has 0 bridgehead atoms. The van der Waals surface area contributed by atoms with E-state index in [2.05, 4.69) is 5.32 Å². The Morgan fingerprint density at radius 3 is 2.20 bits per heavy atom. The maximum absolute atomic E-state index is 14.0. The molecule has 10 heteroatoms. The third-order valence-electron chi connectivity index (χ3n) is 6.56. The summed E-state index contributed by atoms with van der Waals surface area (Å²) in [4.78, 5) is 29.3. The summed E-state index contributed by atoms with van der Waals surface area (Å²) in [6.07, 6.45) is 3.19. The molecule has 220 valence electrons. The van der Waals surface area contributed by atoms with Crippen molar-refractivity contribution >= 4 is 39.3 Å². The Morgan fingerprint density at radius 2 is 1.61 bits per heavy atom. The second-order valence-corrected chi connectivity index (χ2v) is 12.1. The first-order valence-corrected chi connectivity index (χ1v) is 16.4. The topological polar surface area (TPSA) is 96.0 Å². The molecule has 0 fully saturated rings. The lowest BCUT2D eigenvalue weighted by Gasteiger charge is -2.32. The van der Waals surface area contributed by atoms with Crippen molar-refractivity contribution in [3.05, 3.63) is 84.4 Å². The van der Waals surface area contributed by atoms with E-state index >= 15 is 0 Å². The van der Waals surface area contributed by atoms with Crippen LogP contribution in [-0.2, 0) is 26.0 Å². The molecule has 0 spiro atoms. The van der Waals surface area contributed by atoms with Gasteiger partial charge in [0.05, 0.1) is 17.2 Å². The summed E-state index contributed by atoms with van der Waals surface area (Å²) in [5, 5.41) is 2.86. The number of benzene rings is 3. The van der Waals surface area contributed by atoms with Gasteiger partial charge in [-0.15, -0.1) is 11.8 Å². The molecule has 0 heterocycles. The first-order chi connectivity index (χ1) is 19.7. The third kappa shape index (κ3) is 8.74. The fraction of sp³-hybridized carbons (Fsp3) is 0.355. The van der Waals surface area contributed by atoms with E-state index in [9.17, 15) is 18.0 Å². The average molecular weight is 598 g/mol. The largest absolute Gasteiger partial charge is 0.494 e. The molecule has 8 nitrogen and oxygen atoms in total. The van der Waals surface area contributed by atoms with Crippen LogP contribution >= 0.6 is 11.8 Å². The Bertz CT molecular complexity index is 1370. The van der Waals surface area contributed by atoms with Gasteiger partial charge in [-0.2, -0.15) is 0 Å². The number of thioether (sulfide) groups is 1. The van der Waals surface area contributed by atoms with Gasteiger partial charge in [0.25, 0.3) is 10.0 Å². The zero-order valence-electron chi connectivity index (χ0n) is 24.1. The maximum atomic E-state index is 14.0. The molecule has 0 aliphatic rings. The van der Waals surface area contributed by atoms with E-state index in [0.717, 1.165) is 21.2 Å². The molecule has 0 aromatic heterocycles. The van der Waals surface area contributed by atoms with Crippen LogP contribution in [0.25, 0.3) is 0 Å². The van der Waals surface area contributed by atoms with E-state index in [4.69, 9.17) is 4.74 Å². The first-order valence-electron chi connectivity index (χ1n) is 13.7. The highest BCUT2D eigenvalue weighted by molar-refractivity contribution is 7.98. The molecule has 0 unspecified atom stereocenters. The predicted octanol–water partition coefficient (Wildman–Crippen LogP) is 4.99.